The molecule has 0 amide bonds. The van der Waals surface area contributed by atoms with E-state index in [2.05, 4.69) is 20.8 Å². The first-order valence-corrected chi connectivity index (χ1v) is 14.4. The maximum atomic E-state index is 5.80. The van der Waals surface area contributed by atoms with Gasteiger partial charge in [0.2, 0.25) is 0 Å². The molecule has 0 heterocycles. The predicted molar refractivity (Wildman–Crippen MR) is 121 cm³/mol. The van der Waals surface area contributed by atoms with Crippen molar-refractivity contribution in [1.82, 2.24) is 0 Å². The highest BCUT2D eigenvalue weighted by Gasteiger charge is 2.21. The van der Waals surface area contributed by atoms with Crippen molar-refractivity contribution in [3.63, 3.8) is 0 Å². The highest BCUT2D eigenvalue weighted by Crippen LogP contribution is 2.53. The molecule has 0 N–H and O–H groups in total. The van der Waals surface area contributed by atoms with E-state index in [-0.39, 0.29) is 0 Å². The second-order valence-corrected chi connectivity index (χ2v) is 10.9. The fraction of sp³-hybridized carbons (Fsp3) is 1.00. The molecular weight excluding hydrogens is 383 g/mol. The van der Waals surface area contributed by atoms with Gasteiger partial charge in [0.05, 0.1) is 13.2 Å². The summed E-state index contributed by atoms with van der Waals surface area (Å²) in [5, 5.41) is 0. The minimum absolute atomic E-state index is 0.638. The molecule has 0 aliphatic heterocycles. The van der Waals surface area contributed by atoms with Crippen LogP contribution in [0.2, 0.25) is 0 Å². The summed E-state index contributed by atoms with van der Waals surface area (Å²) in [6.45, 7) is 5.27. The van der Waals surface area contributed by atoms with Crippen LogP contribution in [0.3, 0.4) is 0 Å². The molecule has 0 unspecified atom stereocenters. The van der Waals surface area contributed by atoms with Gasteiger partial charge < -0.3 is 9.05 Å². The van der Waals surface area contributed by atoms with Crippen molar-refractivity contribution in [3.8, 4) is 0 Å². The number of unbranched alkanes of at least 4 members (excludes halogenated alkanes) is 11. The van der Waals surface area contributed by atoms with Crippen LogP contribution in [-0.4, -0.2) is 19.0 Å². The molecule has 0 fully saturated rings. The molecule has 0 rings (SSSR count). The van der Waals surface area contributed by atoms with E-state index >= 15 is 0 Å². The zero-order valence-corrected chi connectivity index (χ0v) is 20.0. The van der Waals surface area contributed by atoms with Gasteiger partial charge in [-0.05, 0) is 31.1 Å². The number of hydrogen-bond donors (Lipinski definition) is 0. The van der Waals surface area contributed by atoms with Crippen LogP contribution >= 0.6 is 18.8 Å². The predicted octanol–water partition coefficient (Wildman–Crippen LogP) is 8.43. The third-order valence-electron chi connectivity index (χ3n) is 4.22. The third-order valence-corrected chi connectivity index (χ3v) is 8.00. The molecule has 0 saturated heterocycles. The van der Waals surface area contributed by atoms with Crippen LogP contribution in [0.25, 0.3) is 0 Å². The van der Waals surface area contributed by atoms with Gasteiger partial charge in [-0.2, -0.15) is 0 Å². The van der Waals surface area contributed by atoms with Crippen molar-refractivity contribution < 1.29 is 13.0 Å². The van der Waals surface area contributed by atoms with Crippen LogP contribution in [0.4, 0.5) is 0 Å². The quantitative estimate of drug-likeness (QED) is 0.104. The minimum Gasteiger partial charge on any atom is -0.308 e. The number of rotatable bonds is 21. The standard InChI is InChI=1S/C20H43O3PS2/c1-4-7-10-11-12-13-14-15-16-17-20-26-23-24(25,21-18-8-5-2)22-19-9-6-3/h4-20H2,1-3H3. The first-order valence-electron chi connectivity index (χ1n) is 10.9. The van der Waals surface area contributed by atoms with Crippen LogP contribution in [0.15, 0.2) is 0 Å². The average molecular weight is 427 g/mol. The van der Waals surface area contributed by atoms with E-state index in [1.54, 1.807) is 0 Å². The molecule has 0 bridgehead atoms. The molecule has 0 spiro atoms. The molecule has 0 aromatic rings. The molecular formula is C20H43O3PS2. The molecule has 0 atom stereocenters. The Kier molecular flexibility index (Phi) is 21.3. The molecule has 3 nitrogen and oxygen atoms in total. The van der Waals surface area contributed by atoms with Gasteiger partial charge in [0.1, 0.15) is 0 Å². The maximum Gasteiger partial charge on any atom is 0.338 e. The van der Waals surface area contributed by atoms with Crippen molar-refractivity contribution in [2.75, 3.05) is 19.0 Å². The normalized spacial score (nSPS) is 12.0. The summed E-state index contributed by atoms with van der Waals surface area (Å²) in [5.74, 6) is 0.975. The van der Waals surface area contributed by atoms with Crippen molar-refractivity contribution in [2.24, 2.45) is 0 Å². The molecule has 0 aliphatic carbocycles. The Morgan fingerprint density at radius 2 is 1.04 bits per heavy atom. The van der Waals surface area contributed by atoms with E-state index in [1.165, 1.54) is 76.3 Å². The van der Waals surface area contributed by atoms with Crippen LogP contribution in [0, 0.1) is 0 Å². The first-order chi connectivity index (χ1) is 12.7. The zero-order valence-electron chi connectivity index (χ0n) is 17.5. The first kappa shape index (κ1) is 26.9. The van der Waals surface area contributed by atoms with Gasteiger partial charge in [0, 0.05) is 17.8 Å². The van der Waals surface area contributed by atoms with Gasteiger partial charge in [-0.3, -0.25) is 0 Å². The van der Waals surface area contributed by atoms with Gasteiger partial charge in [-0.25, -0.2) is 3.97 Å². The summed E-state index contributed by atoms with van der Waals surface area (Å²) in [4.78, 5) is 0. The van der Waals surface area contributed by atoms with Gasteiger partial charge in [0.25, 0.3) is 0 Å². The summed E-state index contributed by atoms with van der Waals surface area (Å²) < 4.78 is 17.4. The topological polar surface area (TPSA) is 27.7 Å². The lowest BCUT2D eigenvalue weighted by molar-refractivity contribution is 0.204. The SMILES string of the molecule is CCCCCCCCCCCCSOP(=S)(OCCCC)OCCCC. The van der Waals surface area contributed by atoms with E-state index < -0.39 is 6.72 Å². The van der Waals surface area contributed by atoms with Crippen LogP contribution < -0.4 is 0 Å². The Labute approximate surface area is 173 Å². The summed E-state index contributed by atoms with van der Waals surface area (Å²) in [6.07, 6.45) is 17.7. The van der Waals surface area contributed by atoms with Crippen molar-refractivity contribution in [1.29, 1.82) is 0 Å². The molecule has 0 saturated carbocycles. The Balaban J connectivity index is 3.66. The second kappa shape index (κ2) is 20.6. The van der Waals surface area contributed by atoms with E-state index in [1.807, 2.05) is 0 Å². The van der Waals surface area contributed by atoms with Crippen molar-refractivity contribution in [3.05, 3.63) is 0 Å². The largest absolute Gasteiger partial charge is 0.338 e. The molecule has 0 aromatic carbocycles. The van der Waals surface area contributed by atoms with E-state index in [4.69, 9.17) is 24.8 Å². The molecule has 158 valence electrons. The zero-order chi connectivity index (χ0) is 19.3. The summed E-state index contributed by atoms with van der Waals surface area (Å²) >= 11 is 6.98. The highest BCUT2D eigenvalue weighted by molar-refractivity contribution is 8.12. The molecule has 0 aliphatic rings. The van der Waals surface area contributed by atoms with E-state index in [9.17, 15) is 0 Å². The highest BCUT2D eigenvalue weighted by atomic mass is 32.5. The lowest BCUT2D eigenvalue weighted by atomic mass is 10.1. The maximum absolute atomic E-state index is 5.80. The Bertz CT molecular complexity index is 316. The summed E-state index contributed by atoms with van der Waals surface area (Å²) in [7, 11) is 0. The lowest BCUT2D eigenvalue weighted by Crippen LogP contribution is -2.00. The van der Waals surface area contributed by atoms with Gasteiger partial charge >= 0.3 is 6.72 Å². The van der Waals surface area contributed by atoms with Gasteiger partial charge in [-0.1, -0.05) is 91.4 Å². The Morgan fingerprint density at radius 1 is 0.615 bits per heavy atom. The second-order valence-electron chi connectivity index (χ2n) is 6.90. The molecule has 6 heteroatoms. The van der Waals surface area contributed by atoms with Gasteiger partial charge in [-0.15, -0.1) is 0 Å². The molecule has 0 radical (unpaired) electrons. The molecule has 26 heavy (non-hydrogen) atoms. The van der Waals surface area contributed by atoms with Crippen molar-refractivity contribution in [2.45, 2.75) is 111 Å². The van der Waals surface area contributed by atoms with Crippen LogP contribution in [-0.2, 0) is 24.8 Å². The third kappa shape index (κ3) is 18.3. The fourth-order valence-corrected chi connectivity index (χ4v) is 5.57. The van der Waals surface area contributed by atoms with Crippen LogP contribution in [0.5, 0.6) is 0 Å². The molecule has 0 aromatic heterocycles. The van der Waals surface area contributed by atoms with Crippen LogP contribution in [0.1, 0.15) is 111 Å². The monoisotopic (exact) mass is 426 g/mol. The van der Waals surface area contributed by atoms with E-state index in [0.717, 1.165) is 31.4 Å². The fourth-order valence-electron chi connectivity index (χ4n) is 2.47. The lowest BCUT2D eigenvalue weighted by Gasteiger charge is -2.20. The summed E-state index contributed by atoms with van der Waals surface area (Å²) in [6, 6.07) is 0. The van der Waals surface area contributed by atoms with E-state index in [0.29, 0.717) is 13.2 Å². The smallest absolute Gasteiger partial charge is 0.308 e. The average Bonchev–Trinajstić information content (AvgIpc) is 2.63. The Morgan fingerprint density at radius 3 is 1.50 bits per heavy atom. The minimum atomic E-state index is -2.56. The van der Waals surface area contributed by atoms with Crippen molar-refractivity contribution >= 4 is 30.6 Å². The number of hydrogen-bond acceptors (Lipinski definition) is 5. The Hall–Kier alpha value is 0.880. The summed E-state index contributed by atoms with van der Waals surface area (Å²) in [5.41, 5.74) is 0. The van der Waals surface area contributed by atoms with Gasteiger partial charge in [0.15, 0.2) is 0 Å².